The summed E-state index contributed by atoms with van der Waals surface area (Å²) < 4.78 is 1.34. The summed E-state index contributed by atoms with van der Waals surface area (Å²) in [7, 11) is 0. The fourth-order valence-corrected chi connectivity index (χ4v) is 3.25. The molecule has 90 valence electrons. The van der Waals surface area contributed by atoms with Crippen LogP contribution in [0.25, 0.3) is 0 Å². The van der Waals surface area contributed by atoms with Gasteiger partial charge in [-0.15, -0.1) is 11.3 Å². The molecule has 0 atom stereocenters. The van der Waals surface area contributed by atoms with Crippen molar-refractivity contribution in [1.82, 2.24) is 9.97 Å². The van der Waals surface area contributed by atoms with Crippen LogP contribution in [0, 0.1) is 16.7 Å². The molecular formula is C12H14IN3S. The standard InChI is InChI=1S/C12H14IN3S/c1-8-7-15-9(2)12(16-8)14-6-5-10-3-4-11(13)17-10/h3-4,7H,5-6H2,1-2H3,(H,14,16). The van der Waals surface area contributed by atoms with Crippen molar-refractivity contribution < 1.29 is 0 Å². The van der Waals surface area contributed by atoms with E-state index in [1.54, 1.807) is 6.20 Å². The highest BCUT2D eigenvalue weighted by molar-refractivity contribution is 14.1. The molecule has 0 aliphatic heterocycles. The van der Waals surface area contributed by atoms with Crippen molar-refractivity contribution >= 4 is 39.7 Å². The average molecular weight is 359 g/mol. The van der Waals surface area contributed by atoms with Gasteiger partial charge in [-0.05, 0) is 55.0 Å². The van der Waals surface area contributed by atoms with Gasteiger partial charge in [-0.3, -0.25) is 4.98 Å². The Morgan fingerprint density at radius 2 is 2.18 bits per heavy atom. The molecule has 5 heteroatoms. The van der Waals surface area contributed by atoms with Gasteiger partial charge in [-0.2, -0.15) is 0 Å². The minimum absolute atomic E-state index is 0.898. The van der Waals surface area contributed by atoms with E-state index in [9.17, 15) is 0 Å². The number of hydrogen-bond donors (Lipinski definition) is 1. The summed E-state index contributed by atoms with van der Waals surface area (Å²) in [5.41, 5.74) is 1.90. The van der Waals surface area contributed by atoms with E-state index in [2.05, 4.69) is 50.0 Å². The summed E-state index contributed by atoms with van der Waals surface area (Å²) in [6, 6.07) is 4.33. The Morgan fingerprint density at radius 1 is 1.35 bits per heavy atom. The van der Waals surface area contributed by atoms with E-state index >= 15 is 0 Å². The molecule has 0 aliphatic carbocycles. The predicted molar refractivity (Wildman–Crippen MR) is 80.7 cm³/mol. The van der Waals surface area contributed by atoms with E-state index in [1.807, 2.05) is 25.2 Å². The van der Waals surface area contributed by atoms with Gasteiger partial charge in [0.2, 0.25) is 0 Å². The van der Waals surface area contributed by atoms with Gasteiger partial charge in [0, 0.05) is 17.6 Å². The zero-order valence-electron chi connectivity index (χ0n) is 9.83. The van der Waals surface area contributed by atoms with E-state index in [1.165, 1.54) is 7.76 Å². The number of aromatic nitrogens is 2. The Labute approximate surface area is 119 Å². The number of aryl methyl sites for hydroxylation is 2. The number of halogens is 1. The summed E-state index contributed by atoms with van der Waals surface area (Å²) in [6.07, 6.45) is 2.82. The number of hydrogen-bond acceptors (Lipinski definition) is 4. The second kappa shape index (κ2) is 5.77. The molecule has 0 fully saturated rings. The van der Waals surface area contributed by atoms with Gasteiger partial charge < -0.3 is 5.32 Å². The molecule has 0 aromatic carbocycles. The van der Waals surface area contributed by atoms with Gasteiger partial charge in [0.15, 0.2) is 0 Å². The predicted octanol–water partition coefficient (Wildman–Crippen LogP) is 3.41. The first-order chi connectivity index (χ1) is 8.15. The number of nitrogens with one attached hydrogen (secondary N) is 1. The van der Waals surface area contributed by atoms with Gasteiger partial charge >= 0.3 is 0 Å². The highest BCUT2D eigenvalue weighted by Crippen LogP contribution is 2.18. The van der Waals surface area contributed by atoms with Gasteiger partial charge in [0.1, 0.15) is 5.82 Å². The Morgan fingerprint density at radius 3 is 2.88 bits per heavy atom. The zero-order chi connectivity index (χ0) is 12.3. The van der Waals surface area contributed by atoms with Gasteiger partial charge in [-0.25, -0.2) is 4.98 Å². The van der Waals surface area contributed by atoms with Crippen LogP contribution in [0.4, 0.5) is 5.82 Å². The van der Waals surface area contributed by atoms with Crippen molar-refractivity contribution in [3.63, 3.8) is 0 Å². The van der Waals surface area contributed by atoms with Gasteiger partial charge in [0.05, 0.1) is 14.3 Å². The maximum atomic E-state index is 4.44. The molecule has 0 bridgehead atoms. The molecule has 17 heavy (non-hydrogen) atoms. The van der Waals surface area contributed by atoms with Crippen LogP contribution >= 0.6 is 33.9 Å². The molecule has 0 radical (unpaired) electrons. The largest absolute Gasteiger partial charge is 0.368 e. The fraction of sp³-hybridized carbons (Fsp3) is 0.333. The van der Waals surface area contributed by atoms with Crippen LogP contribution in [0.15, 0.2) is 18.3 Å². The number of thiophene rings is 1. The Hall–Kier alpha value is -0.690. The van der Waals surface area contributed by atoms with Crippen LogP contribution in [0.5, 0.6) is 0 Å². The average Bonchev–Trinajstić information content (AvgIpc) is 2.69. The topological polar surface area (TPSA) is 37.8 Å². The lowest BCUT2D eigenvalue weighted by atomic mass is 10.3. The number of rotatable bonds is 4. The highest BCUT2D eigenvalue weighted by Gasteiger charge is 2.02. The molecule has 3 nitrogen and oxygen atoms in total. The SMILES string of the molecule is Cc1cnc(C)c(NCCc2ccc(I)s2)n1. The zero-order valence-corrected chi connectivity index (χ0v) is 12.8. The molecular weight excluding hydrogens is 345 g/mol. The second-order valence-electron chi connectivity index (χ2n) is 3.83. The fourth-order valence-electron chi connectivity index (χ4n) is 1.50. The van der Waals surface area contributed by atoms with E-state index in [0.717, 1.165) is 30.2 Å². The third-order valence-electron chi connectivity index (χ3n) is 2.37. The van der Waals surface area contributed by atoms with Crippen LogP contribution in [0.2, 0.25) is 0 Å². The first-order valence-electron chi connectivity index (χ1n) is 5.43. The lowest BCUT2D eigenvalue weighted by Crippen LogP contribution is -2.08. The van der Waals surface area contributed by atoms with Gasteiger partial charge in [-0.1, -0.05) is 0 Å². The van der Waals surface area contributed by atoms with Crippen molar-refractivity contribution in [1.29, 1.82) is 0 Å². The van der Waals surface area contributed by atoms with Crippen LogP contribution in [0.3, 0.4) is 0 Å². The maximum absolute atomic E-state index is 4.44. The summed E-state index contributed by atoms with van der Waals surface area (Å²) in [5, 5.41) is 3.34. The quantitative estimate of drug-likeness (QED) is 0.851. The maximum Gasteiger partial charge on any atom is 0.147 e. The molecule has 0 spiro atoms. The smallest absolute Gasteiger partial charge is 0.147 e. The van der Waals surface area contributed by atoms with Crippen LogP contribution in [-0.2, 0) is 6.42 Å². The van der Waals surface area contributed by atoms with Crippen molar-refractivity contribution in [2.75, 3.05) is 11.9 Å². The van der Waals surface area contributed by atoms with Crippen LogP contribution < -0.4 is 5.32 Å². The molecule has 2 aromatic rings. The molecule has 0 unspecified atom stereocenters. The normalized spacial score (nSPS) is 10.5. The second-order valence-corrected chi connectivity index (χ2v) is 6.89. The van der Waals surface area contributed by atoms with Crippen LogP contribution in [-0.4, -0.2) is 16.5 Å². The Balaban J connectivity index is 1.91. The Kier molecular flexibility index (Phi) is 4.33. The van der Waals surface area contributed by atoms with Crippen molar-refractivity contribution in [2.24, 2.45) is 0 Å². The van der Waals surface area contributed by atoms with Crippen molar-refractivity contribution in [2.45, 2.75) is 20.3 Å². The summed E-state index contributed by atoms with van der Waals surface area (Å²) in [4.78, 5) is 10.1. The Bertz CT molecular complexity index is 510. The summed E-state index contributed by atoms with van der Waals surface area (Å²) in [5.74, 6) is 0.899. The molecule has 2 aromatic heterocycles. The molecule has 2 heterocycles. The van der Waals surface area contributed by atoms with Crippen molar-refractivity contribution in [3.05, 3.63) is 37.5 Å². The number of anilines is 1. The van der Waals surface area contributed by atoms with Gasteiger partial charge in [0.25, 0.3) is 0 Å². The van der Waals surface area contributed by atoms with Crippen molar-refractivity contribution in [3.8, 4) is 0 Å². The molecule has 0 saturated heterocycles. The van der Waals surface area contributed by atoms with E-state index in [4.69, 9.17) is 0 Å². The monoisotopic (exact) mass is 359 g/mol. The first-order valence-corrected chi connectivity index (χ1v) is 7.33. The minimum Gasteiger partial charge on any atom is -0.368 e. The molecule has 0 saturated carbocycles. The van der Waals surface area contributed by atoms with E-state index in [0.29, 0.717) is 0 Å². The molecule has 2 rings (SSSR count). The first kappa shape index (κ1) is 12.8. The molecule has 0 aliphatic rings. The van der Waals surface area contributed by atoms with E-state index in [-0.39, 0.29) is 0 Å². The lowest BCUT2D eigenvalue weighted by Gasteiger charge is -2.07. The molecule has 1 N–H and O–H groups in total. The minimum atomic E-state index is 0.898. The van der Waals surface area contributed by atoms with E-state index < -0.39 is 0 Å². The summed E-state index contributed by atoms with van der Waals surface area (Å²) >= 11 is 4.19. The number of nitrogens with zero attached hydrogens (tertiary/aromatic N) is 2. The third-order valence-corrected chi connectivity index (χ3v) is 4.32. The molecule has 0 amide bonds. The lowest BCUT2D eigenvalue weighted by molar-refractivity contribution is 0.987. The third kappa shape index (κ3) is 3.64. The summed E-state index contributed by atoms with van der Waals surface area (Å²) in [6.45, 7) is 4.83. The highest BCUT2D eigenvalue weighted by atomic mass is 127. The van der Waals surface area contributed by atoms with Crippen LogP contribution in [0.1, 0.15) is 16.3 Å².